The van der Waals surface area contributed by atoms with Gasteiger partial charge in [0.25, 0.3) is 0 Å². The molecule has 1 fully saturated rings. The van der Waals surface area contributed by atoms with Crippen LogP contribution in [0.3, 0.4) is 0 Å². The Balaban J connectivity index is 1.60. The van der Waals surface area contributed by atoms with Crippen LogP contribution in [-0.2, 0) is 6.54 Å². The lowest BCUT2D eigenvalue weighted by atomic mass is 10.1. The number of anilines is 2. The van der Waals surface area contributed by atoms with Crippen LogP contribution in [0.15, 0.2) is 48.5 Å². The Morgan fingerprint density at radius 2 is 1.95 bits per heavy atom. The van der Waals surface area contributed by atoms with Gasteiger partial charge >= 0.3 is 0 Å². The molecule has 0 saturated carbocycles. The van der Waals surface area contributed by atoms with E-state index in [1.54, 1.807) is 0 Å². The van der Waals surface area contributed by atoms with Gasteiger partial charge in [0.1, 0.15) is 0 Å². The number of hydrogen-bond acceptors (Lipinski definition) is 3. The molecule has 110 valence electrons. The summed E-state index contributed by atoms with van der Waals surface area (Å²) in [7, 11) is 0. The summed E-state index contributed by atoms with van der Waals surface area (Å²) in [5.74, 6) is 0. The first-order valence-electron chi connectivity index (χ1n) is 7.60. The Morgan fingerprint density at radius 1 is 1.14 bits per heavy atom. The largest absolute Gasteiger partial charge is 0.397 e. The van der Waals surface area contributed by atoms with Gasteiger partial charge in [-0.15, -0.1) is 0 Å². The highest BCUT2D eigenvalue weighted by atomic mass is 15.2. The first-order valence-corrected chi connectivity index (χ1v) is 7.60. The summed E-state index contributed by atoms with van der Waals surface area (Å²) in [4.78, 5) is 2.50. The fourth-order valence-corrected chi connectivity index (χ4v) is 3.03. The molecular weight excluding hydrogens is 258 g/mol. The van der Waals surface area contributed by atoms with Crippen molar-refractivity contribution in [2.45, 2.75) is 25.9 Å². The molecule has 0 aliphatic carbocycles. The third-order valence-corrected chi connectivity index (χ3v) is 4.17. The van der Waals surface area contributed by atoms with E-state index in [2.05, 4.69) is 53.5 Å². The highest BCUT2D eigenvalue weighted by Gasteiger charge is 2.23. The van der Waals surface area contributed by atoms with Gasteiger partial charge in [-0.1, -0.05) is 42.5 Å². The average molecular weight is 281 g/mol. The number of likely N-dealkylation sites (tertiary alicyclic amines) is 1. The number of rotatable bonds is 4. The minimum atomic E-state index is 0.483. The SMILES string of the molecule is Cc1cccc(N)c1NC1CCN(Cc2ccccc2)C1. The first-order chi connectivity index (χ1) is 10.2. The van der Waals surface area contributed by atoms with Crippen LogP contribution in [0.1, 0.15) is 17.5 Å². The third-order valence-electron chi connectivity index (χ3n) is 4.17. The number of aryl methyl sites for hydroxylation is 1. The number of para-hydroxylation sites is 1. The summed E-state index contributed by atoms with van der Waals surface area (Å²) in [6.07, 6.45) is 1.17. The summed E-state index contributed by atoms with van der Waals surface area (Å²) in [5.41, 5.74) is 10.6. The average Bonchev–Trinajstić information content (AvgIpc) is 2.91. The quantitative estimate of drug-likeness (QED) is 0.845. The highest BCUT2D eigenvalue weighted by molar-refractivity contribution is 5.70. The number of nitrogens with two attached hydrogens (primary N) is 1. The minimum absolute atomic E-state index is 0.483. The van der Waals surface area contributed by atoms with Crippen molar-refractivity contribution in [2.75, 3.05) is 24.1 Å². The number of nitrogens with zero attached hydrogens (tertiary/aromatic N) is 1. The summed E-state index contributed by atoms with van der Waals surface area (Å²) in [6.45, 7) is 5.35. The molecule has 0 aromatic heterocycles. The molecule has 2 aromatic carbocycles. The van der Waals surface area contributed by atoms with Crippen molar-refractivity contribution < 1.29 is 0 Å². The van der Waals surface area contributed by atoms with E-state index >= 15 is 0 Å². The zero-order valence-corrected chi connectivity index (χ0v) is 12.5. The van der Waals surface area contributed by atoms with Crippen molar-refractivity contribution in [3.8, 4) is 0 Å². The maximum atomic E-state index is 6.08. The molecule has 2 aromatic rings. The Kier molecular flexibility index (Phi) is 4.11. The molecule has 3 rings (SSSR count). The van der Waals surface area contributed by atoms with Gasteiger partial charge in [-0.05, 0) is 30.5 Å². The Bertz CT molecular complexity index is 574. The molecule has 3 heteroatoms. The van der Waals surface area contributed by atoms with Gasteiger partial charge in [0, 0.05) is 25.7 Å². The molecule has 3 N–H and O–H groups in total. The van der Waals surface area contributed by atoms with Crippen molar-refractivity contribution in [3.63, 3.8) is 0 Å². The Hall–Kier alpha value is -2.00. The summed E-state index contributed by atoms with van der Waals surface area (Å²) < 4.78 is 0. The van der Waals surface area contributed by atoms with Crippen LogP contribution in [0.4, 0.5) is 11.4 Å². The van der Waals surface area contributed by atoms with Gasteiger partial charge in [-0.3, -0.25) is 4.90 Å². The standard InChI is InChI=1S/C18H23N3/c1-14-6-5-9-17(19)18(14)20-16-10-11-21(13-16)12-15-7-3-2-4-8-15/h2-9,16,20H,10-13,19H2,1H3. The second-order valence-corrected chi connectivity index (χ2v) is 5.89. The van der Waals surface area contributed by atoms with E-state index in [9.17, 15) is 0 Å². The number of nitrogens with one attached hydrogen (secondary N) is 1. The Labute approximate surface area is 126 Å². The van der Waals surface area contributed by atoms with Crippen molar-refractivity contribution in [3.05, 3.63) is 59.7 Å². The van der Waals surface area contributed by atoms with Crippen LogP contribution < -0.4 is 11.1 Å². The number of benzene rings is 2. The van der Waals surface area contributed by atoms with E-state index in [-0.39, 0.29) is 0 Å². The van der Waals surface area contributed by atoms with E-state index in [1.165, 1.54) is 17.5 Å². The van der Waals surface area contributed by atoms with Crippen molar-refractivity contribution >= 4 is 11.4 Å². The van der Waals surface area contributed by atoms with Gasteiger partial charge in [0.2, 0.25) is 0 Å². The predicted molar refractivity (Wildman–Crippen MR) is 89.3 cm³/mol. The molecule has 0 spiro atoms. The van der Waals surface area contributed by atoms with E-state index in [0.29, 0.717) is 6.04 Å². The zero-order valence-electron chi connectivity index (χ0n) is 12.5. The molecule has 3 nitrogen and oxygen atoms in total. The lowest BCUT2D eigenvalue weighted by Gasteiger charge is -2.19. The first kappa shape index (κ1) is 14.0. The van der Waals surface area contributed by atoms with Gasteiger partial charge in [-0.2, -0.15) is 0 Å². The molecule has 0 amide bonds. The van der Waals surface area contributed by atoms with Crippen molar-refractivity contribution in [1.29, 1.82) is 0 Å². The maximum absolute atomic E-state index is 6.08. The minimum Gasteiger partial charge on any atom is -0.397 e. The summed E-state index contributed by atoms with van der Waals surface area (Å²) in [5, 5.41) is 3.63. The van der Waals surface area contributed by atoms with E-state index in [1.807, 2.05) is 12.1 Å². The van der Waals surface area contributed by atoms with Gasteiger partial charge in [0.05, 0.1) is 11.4 Å². The van der Waals surface area contributed by atoms with Gasteiger partial charge in [0.15, 0.2) is 0 Å². The molecule has 1 saturated heterocycles. The molecule has 1 unspecified atom stereocenters. The van der Waals surface area contributed by atoms with E-state index in [0.717, 1.165) is 31.0 Å². The molecule has 1 atom stereocenters. The van der Waals surface area contributed by atoms with Crippen molar-refractivity contribution in [2.24, 2.45) is 0 Å². The Morgan fingerprint density at radius 3 is 2.71 bits per heavy atom. The summed E-state index contributed by atoms with van der Waals surface area (Å²) in [6, 6.07) is 17.2. The van der Waals surface area contributed by atoms with Crippen LogP contribution in [0.25, 0.3) is 0 Å². The van der Waals surface area contributed by atoms with Crippen LogP contribution in [-0.4, -0.2) is 24.0 Å². The maximum Gasteiger partial charge on any atom is 0.0606 e. The molecular formula is C18H23N3. The van der Waals surface area contributed by atoms with E-state index in [4.69, 9.17) is 5.73 Å². The fraction of sp³-hybridized carbons (Fsp3) is 0.333. The smallest absolute Gasteiger partial charge is 0.0606 e. The molecule has 1 heterocycles. The second-order valence-electron chi connectivity index (χ2n) is 5.89. The third kappa shape index (κ3) is 3.37. The van der Waals surface area contributed by atoms with Gasteiger partial charge in [-0.25, -0.2) is 0 Å². The molecule has 0 radical (unpaired) electrons. The van der Waals surface area contributed by atoms with Crippen LogP contribution >= 0.6 is 0 Å². The molecule has 21 heavy (non-hydrogen) atoms. The fourth-order valence-electron chi connectivity index (χ4n) is 3.03. The van der Waals surface area contributed by atoms with Crippen LogP contribution in [0.2, 0.25) is 0 Å². The van der Waals surface area contributed by atoms with Crippen LogP contribution in [0, 0.1) is 6.92 Å². The second kappa shape index (κ2) is 6.19. The van der Waals surface area contributed by atoms with E-state index < -0.39 is 0 Å². The normalized spacial score (nSPS) is 18.8. The molecule has 1 aliphatic heterocycles. The predicted octanol–water partition coefficient (Wildman–Crippen LogP) is 3.26. The highest BCUT2D eigenvalue weighted by Crippen LogP contribution is 2.25. The number of hydrogen-bond donors (Lipinski definition) is 2. The van der Waals surface area contributed by atoms with Crippen molar-refractivity contribution in [1.82, 2.24) is 4.90 Å². The lowest BCUT2D eigenvalue weighted by Crippen LogP contribution is -2.26. The molecule has 1 aliphatic rings. The topological polar surface area (TPSA) is 41.3 Å². The molecule has 0 bridgehead atoms. The van der Waals surface area contributed by atoms with Gasteiger partial charge < -0.3 is 11.1 Å². The monoisotopic (exact) mass is 281 g/mol. The summed E-state index contributed by atoms with van der Waals surface area (Å²) >= 11 is 0. The number of nitrogen functional groups attached to an aromatic ring is 1. The van der Waals surface area contributed by atoms with Crippen LogP contribution in [0.5, 0.6) is 0 Å². The zero-order chi connectivity index (χ0) is 14.7. The lowest BCUT2D eigenvalue weighted by molar-refractivity contribution is 0.328.